The first kappa shape index (κ1) is 15.6. The predicted octanol–water partition coefficient (Wildman–Crippen LogP) is 2.34. The molecule has 0 amide bonds. The number of benzene rings is 1. The Labute approximate surface area is 123 Å². The zero-order valence-electron chi connectivity index (χ0n) is 12.3. The standard InChI is InChI=1S/C15H20F2N4/c1-3-6-21-15(19-10-20-21)9-13(18-2)7-11-4-5-12(16)8-14(11)17/h4-5,8,10,13,18H,3,6-7,9H2,1-2H3. The summed E-state index contributed by atoms with van der Waals surface area (Å²) in [7, 11) is 1.83. The first-order valence-electron chi connectivity index (χ1n) is 7.12. The zero-order chi connectivity index (χ0) is 15.2. The van der Waals surface area contributed by atoms with Crippen LogP contribution in [0.25, 0.3) is 0 Å². The molecule has 1 atom stereocenters. The molecule has 114 valence electrons. The fraction of sp³-hybridized carbons (Fsp3) is 0.467. The van der Waals surface area contributed by atoms with Gasteiger partial charge in [-0.25, -0.2) is 13.8 Å². The second kappa shape index (κ2) is 7.26. The molecular weight excluding hydrogens is 274 g/mol. The van der Waals surface area contributed by atoms with Gasteiger partial charge >= 0.3 is 0 Å². The monoisotopic (exact) mass is 294 g/mol. The van der Waals surface area contributed by atoms with Gasteiger partial charge in [0.25, 0.3) is 0 Å². The minimum absolute atomic E-state index is 0.0183. The minimum Gasteiger partial charge on any atom is -0.316 e. The molecule has 0 aliphatic heterocycles. The molecule has 0 aliphatic carbocycles. The van der Waals surface area contributed by atoms with E-state index in [4.69, 9.17) is 0 Å². The summed E-state index contributed by atoms with van der Waals surface area (Å²) in [6.45, 7) is 2.89. The lowest BCUT2D eigenvalue weighted by molar-refractivity contribution is 0.490. The molecule has 1 unspecified atom stereocenters. The highest BCUT2D eigenvalue weighted by Crippen LogP contribution is 2.13. The van der Waals surface area contributed by atoms with Gasteiger partial charge in [0.2, 0.25) is 0 Å². The van der Waals surface area contributed by atoms with Crippen molar-refractivity contribution in [1.29, 1.82) is 0 Å². The first-order valence-corrected chi connectivity index (χ1v) is 7.12. The molecule has 0 spiro atoms. The second-order valence-corrected chi connectivity index (χ2v) is 5.03. The van der Waals surface area contributed by atoms with E-state index < -0.39 is 11.6 Å². The number of hydrogen-bond donors (Lipinski definition) is 1. The van der Waals surface area contributed by atoms with Crippen molar-refractivity contribution < 1.29 is 8.78 Å². The smallest absolute Gasteiger partial charge is 0.138 e. The highest BCUT2D eigenvalue weighted by Gasteiger charge is 2.15. The predicted molar refractivity (Wildman–Crippen MR) is 76.9 cm³/mol. The molecule has 0 radical (unpaired) electrons. The van der Waals surface area contributed by atoms with E-state index >= 15 is 0 Å². The SMILES string of the molecule is CCCn1ncnc1CC(Cc1ccc(F)cc1F)NC. The third kappa shape index (κ3) is 4.07. The van der Waals surface area contributed by atoms with Gasteiger partial charge in [-0.2, -0.15) is 5.10 Å². The van der Waals surface area contributed by atoms with Gasteiger partial charge in [-0.15, -0.1) is 0 Å². The fourth-order valence-electron chi connectivity index (χ4n) is 2.29. The van der Waals surface area contributed by atoms with E-state index in [-0.39, 0.29) is 6.04 Å². The molecule has 1 heterocycles. The molecule has 0 saturated carbocycles. The van der Waals surface area contributed by atoms with Crippen molar-refractivity contribution in [3.8, 4) is 0 Å². The van der Waals surface area contributed by atoms with E-state index in [1.165, 1.54) is 18.5 Å². The Kier molecular flexibility index (Phi) is 5.38. The topological polar surface area (TPSA) is 42.7 Å². The lowest BCUT2D eigenvalue weighted by Crippen LogP contribution is -2.31. The van der Waals surface area contributed by atoms with Crippen LogP contribution in [0.15, 0.2) is 24.5 Å². The van der Waals surface area contributed by atoms with E-state index in [1.807, 2.05) is 11.7 Å². The number of aryl methyl sites for hydroxylation is 1. The van der Waals surface area contributed by atoms with Gasteiger partial charge in [-0.05, 0) is 31.5 Å². The van der Waals surface area contributed by atoms with Gasteiger partial charge in [-0.3, -0.25) is 4.68 Å². The summed E-state index contributed by atoms with van der Waals surface area (Å²) < 4.78 is 28.5. The summed E-state index contributed by atoms with van der Waals surface area (Å²) in [4.78, 5) is 4.26. The summed E-state index contributed by atoms with van der Waals surface area (Å²) in [6, 6.07) is 3.71. The van der Waals surface area contributed by atoms with Crippen LogP contribution in [-0.2, 0) is 19.4 Å². The highest BCUT2D eigenvalue weighted by atomic mass is 19.1. The quantitative estimate of drug-likeness (QED) is 0.852. The average Bonchev–Trinajstić information content (AvgIpc) is 2.88. The van der Waals surface area contributed by atoms with Crippen LogP contribution in [0.4, 0.5) is 8.78 Å². The average molecular weight is 294 g/mol. The minimum atomic E-state index is -0.556. The highest BCUT2D eigenvalue weighted by molar-refractivity contribution is 5.20. The summed E-state index contributed by atoms with van der Waals surface area (Å²) in [5, 5.41) is 7.34. The van der Waals surface area contributed by atoms with Crippen LogP contribution in [-0.4, -0.2) is 27.9 Å². The van der Waals surface area contributed by atoms with Crippen LogP contribution in [0.2, 0.25) is 0 Å². The number of nitrogens with zero attached hydrogens (tertiary/aromatic N) is 3. The van der Waals surface area contributed by atoms with Gasteiger partial charge < -0.3 is 5.32 Å². The maximum atomic E-state index is 13.7. The van der Waals surface area contributed by atoms with Crippen LogP contribution in [0, 0.1) is 11.6 Å². The summed E-state index contributed by atoms with van der Waals surface area (Å²) in [5.41, 5.74) is 0.498. The number of rotatable bonds is 7. The fourth-order valence-corrected chi connectivity index (χ4v) is 2.29. The van der Waals surface area contributed by atoms with Crippen molar-refractivity contribution >= 4 is 0 Å². The van der Waals surface area contributed by atoms with Gasteiger partial charge in [0, 0.05) is 25.1 Å². The molecule has 4 nitrogen and oxygen atoms in total. The van der Waals surface area contributed by atoms with Crippen LogP contribution in [0.1, 0.15) is 24.7 Å². The van der Waals surface area contributed by atoms with Crippen LogP contribution in [0.3, 0.4) is 0 Å². The molecular formula is C15H20F2N4. The maximum Gasteiger partial charge on any atom is 0.138 e. The molecule has 1 aromatic heterocycles. The Morgan fingerprint density at radius 1 is 1.29 bits per heavy atom. The van der Waals surface area contributed by atoms with Crippen molar-refractivity contribution in [2.45, 2.75) is 38.8 Å². The first-order chi connectivity index (χ1) is 10.1. The van der Waals surface area contributed by atoms with Crippen molar-refractivity contribution in [3.63, 3.8) is 0 Å². The van der Waals surface area contributed by atoms with Crippen molar-refractivity contribution in [2.75, 3.05) is 7.05 Å². The van der Waals surface area contributed by atoms with E-state index in [0.717, 1.165) is 24.9 Å². The summed E-state index contributed by atoms with van der Waals surface area (Å²) >= 11 is 0. The molecule has 0 bridgehead atoms. The van der Waals surface area contributed by atoms with Crippen LogP contribution >= 0.6 is 0 Å². The van der Waals surface area contributed by atoms with E-state index in [1.54, 1.807) is 0 Å². The van der Waals surface area contributed by atoms with Crippen molar-refractivity contribution in [3.05, 3.63) is 47.5 Å². The normalized spacial score (nSPS) is 12.6. The third-order valence-electron chi connectivity index (χ3n) is 3.45. The number of likely N-dealkylation sites (N-methyl/N-ethyl adjacent to an activating group) is 1. The molecule has 1 N–H and O–H groups in total. The number of aromatic nitrogens is 3. The molecule has 0 saturated heterocycles. The third-order valence-corrected chi connectivity index (χ3v) is 3.45. The number of nitrogens with one attached hydrogen (secondary N) is 1. The van der Waals surface area contributed by atoms with Crippen molar-refractivity contribution in [2.24, 2.45) is 0 Å². The molecule has 1 aromatic carbocycles. The van der Waals surface area contributed by atoms with E-state index in [0.29, 0.717) is 18.4 Å². The van der Waals surface area contributed by atoms with Crippen LogP contribution < -0.4 is 5.32 Å². The zero-order valence-corrected chi connectivity index (χ0v) is 12.3. The Hall–Kier alpha value is -1.82. The Morgan fingerprint density at radius 3 is 2.76 bits per heavy atom. The molecule has 2 rings (SSSR count). The second-order valence-electron chi connectivity index (χ2n) is 5.03. The molecule has 6 heteroatoms. The molecule has 0 fully saturated rings. The Balaban J connectivity index is 2.07. The summed E-state index contributed by atoms with van der Waals surface area (Å²) in [5.74, 6) is -0.191. The lowest BCUT2D eigenvalue weighted by atomic mass is 10.0. The molecule has 2 aromatic rings. The Bertz CT molecular complexity index is 583. The molecule has 21 heavy (non-hydrogen) atoms. The largest absolute Gasteiger partial charge is 0.316 e. The van der Waals surface area contributed by atoms with Gasteiger partial charge in [0.05, 0.1) is 0 Å². The van der Waals surface area contributed by atoms with E-state index in [9.17, 15) is 8.78 Å². The maximum absolute atomic E-state index is 13.7. The van der Waals surface area contributed by atoms with Crippen molar-refractivity contribution in [1.82, 2.24) is 20.1 Å². The van der Waals surface area contributed by atoms with Gasteiger partial charge in [0.15, 0.2) is 0 Å². The summed E-state index contributed by atoms with van der Waals surface area (Å²) in [6.07, 6.45) is 3.64. The van der Waals surface area contributed by atoms with E-state index in [2.05, 4.69) is 22.3 Å². The van der Waals surface area contributed by atoms with Crippen LogP contribution in [0.5, 0.6) is 0 Å². The Morgan fingerprint density at radius 2 is 2.10 bits per heavy atom. The van der Waals surface area contributed by atoms with Gasteiger partial charge in [-0.1, -0.05) is 13.0 Å². The number of halogens is 2. The van der Waals surface area contributed by atoms with Gasteiger partial charge in [0.1, 0.15) is 23.8 Å². The molecule has 0 aliphatic rings. The lowest BCUT2D eigenvalue weighted by Gasteiger charge is -2.16. The number of hydrogen-bond acceptors (Lipinski definition) is 3.